The van der Waals surface area contributed by atoms with E-state index in [4.69, 9.17) is 4.74 Å². The van der Waals surface area contributed by atoms with Crippen LogP contribution in [-0.2, 0) is 4.74 Å². The molecule has 2 aliphatic heterocycles. The Bertz CT molecular complexity index is 363. The van der Waals surface area contributed by atoms with Gasteiger partial charge >= 0.3 is 0 Å². The highest BCUT2D eigenvalue weighted by atomic mass is 16.5. The molecule has 2 heterocycles. The summed E-state index contributed by atoms with van der Waals surface area (Å²) in [5, 5.41) is 0. The summed E-state index contributed by atoms with van der Waals surface area (Å²) in [6, 6.07) is 0.659. The smallest absolute Gasteiger partial charge is 0.0630 e. The zero-order valence-corrected chi connectivity index (χ0v) is 15.8. The van der Waals surface area contributed by atoms with Gasteiger partial charge in [0.25, 0.3) is 0 Å². The van der Waals surface area contributed by atoms with Crippen molar-refractivity contribution in [1.29, 1.82) is 0 Å². The van der Waals surface area contributed by atoms with Gasteiger partial charge in [0.05, 0.1) is 12.2 Å². The summed E-state index contributed by atoms with van der Waals surface area (Å²) in [4.78, 5) is 2.76. The highest BCUT2D eigenvalue weighted by molar-refractivity contribution is 5.05. The van der Waals surface area contributed by atoms with Crippen LogP contribution in [0.3, 0.4) is 0 Å². The maximum absolute atomic E-state index is 6.05. The van der Waals surface area contributed by atoms with Crippen molar-refractivity contribution in [3.05, 3.63) is 0 Å². The van der Waals surface area contributed by atoms with E-state index >= 15 is 0 Å². The van der Waals surface area contributed by atoms with Crippen LogP contribution in [0.2, 0.25) is 0 Å². The third-order valence-electron chi connectivity index (χ3n) is 5.83. The summed E-state index contributed by atoms with van der Waals surface area (Å²) >= 11 is 0. The van der Waals surface area contributed by atoms with Crippen LogP contribution in [0.25, 0.3) is 0 Å². The zero-order valence-electron chi connectivity index (χ0n) is 15.8. The Kier molecular flexibility index (Phi) is 4.08. The molecule has 0 radical (unpaired) electrons. The lowest BCUT2D eigenvalue weighted by atomic mass is 9.70. The monoisotopic (exact) mass is 295 g/mol. The minimum absolute atomic E-state index is 0.0695. The first-order valence-corrected chi connectivity index (χ1v) is 8.65. The second kappa shape index (κ2) is 4.96. The number of nitrogens with zero attached hydrogens (tertiary/aromatic N) is 1. The second-order valence-corrected chi connectivity index (χ2v) is 10.5. The quantitative estimate of drug-likeness (QED) is 0.693. The van der Waals surface area contributed by atoms with E-state index in [9.17, 15) is 0 Å². The largest absolute Gasteiger partial charge is 0.375 e. The Morgan fingerprint density at radius 2 is 1.52 bits per heavy atom. The second-order valence-electron chi connectivity index (χ2n) is 10.5. The molecule has 0 aromatic heterocycles. The molecule has 0 aromatic carbocycles. The molecule has 2 aliphatic rings. The summed E-state index contributed by atoms with van der Waals surface area (Å²) in [7, 11) is 0. The van der Waals surface area contributed by atoms with Gasteiger partial charge in [-0.15, -0.1) is 0 Å². The van der Waals surface area contributed by atoms with Crippen molar-refractivity contribution < 1.29 is 4.74 Å². The van der Waals surface area contributed by atoms with E-state index in [0.29, 0.717) is 22.8 Å². The molecule has 0 amide bonds. The van der Waals surface area contributed by atoms with Gasteiger partial charge in [0.2, 0.25) is 0 Å². The summed E-state index contributed by atoms with van der Waals surface area (Å²) in [5.41, 5.74) is 1.03. The van der Waals surface area contributed by atoms with Crippen molar-refractivity contribution in [2.24, 2.45) is 16.7 Å². The van der Waals surface area contributed by atoms with Gasteiger partial charge in [0.1, 0.15) is 0 Å². The van der Waals surface area contributed by atoms with Crippen molar-refractivity contribution in [1.82, 2.24) is 4.90 Å². The van der Waals surface area contributed by atoms with E-state index in [1.165, 1.54) is 19.4 Å². The van der Waals surface area contributed by atoms with E-state index < -0.39 is 0 Å². The van der Waals surface area contributed by atoms with Gasteiger partial charge in [-0.2, -0.15) is 0 Å². The average Bonchev–Trinajstić information content (AvgIpc) is 2.78. The van der Waals surface area contributed by atoms with E-state index in [1.54, 1.807) is 0 Å². The molecule has 2 rings (SSSR count). The molecule has 3 atom stereocenters. The molecule has 124 valence electrons. The standard InChI is InChI=1S/C19H37NO/c1-16(2,3)15-11-19(9,13-20(15)17(4,5)6)14-10-18(7,8)21-12-14/h14-15H,10-13H2,1-9H3/t14?,15?,19-/m0/s1. The molecule has 2 fully saturated rings. The van der Waals surface area contributed by atoms with Gasteiger partial charge in [-0.1, -0.05) is 27.7 Å². The fourth-order valence-electron chi connectivity index (χ4n) is 4.37. The molecule has 2 unspecified atom stereocenters. The number of likely N-dealkylation sites (tertiary alicyclic amines) is 1. The normalized spacial score (nSPS) is 38.1. The van der Waals surface area contributed by atoms with Crippen LogP contribution < -0.4 is 0 Å². The van der Waals surface area contributed by atoms with E-state index in [0.717, 1.165) is 6.61 Å². The molecular formula is C19H37NO. The SMILES string of the molecule is CC1(C)CC([C@@]2(C)CC(C(C)(C)C)N(C(C)(C)C)C2)CO1. The van der Waals surface area contributed by atoms with Crippen LogP contribution in [0.4, 0.5) is 0 Å². The lowest BCUT2D eigenvalue weighted by Crippen LogP contribution is -2.49. The van der Waals surface area contributed by atoms with E-state index in [1.807, 2.05) is 0 Å². The van der Waals surface area contributed by atoms with Gasteiger partial charge < -0.3 is 4.74 Å². The molecule has 2 saturated heterocycles. The van der Waals surface area contributed by atoms with E-state index in [-0.39, 0.29) is 11.1 Å². The summed E-state index contributed by atoms with van der Waals surface area (Å²) in [6.07, 6.45) is 2.51. The Hall–Kier alpha value is -0.0800. The molecule has 0 spiro atoms. The molecule has 0 aromatic rings. The predicted octanol–water partition coefficient (Wildman–Crippen LogP) is 4.73. The van der Waals surface area contributed by atoms with Crippen LogP contribution in [0.15, 0.2) is 0 Å². The number of rotatable bonds is 1. The van der Waals surface area contributed by atoms with Crippen molar-refractivity contribution in [2.45, 2.75) is 92.3 Å². The molecule has 0 bridgehead atoms. The lowest BCUT2D eigenvalue weighted by Gasteiger charge is -2.43. The summed E-state index contributed by atoms with van der Waals surface area (Å²) in [5.74, 6) is 0.699. The maximum Gasteiger partial charge on any atom is 0.0630 e. The molecule has 2 nitrogen and oxygen atoms in total. The lowest BCUT2D eigenvalue weighted by molar-refractivity contribution is 0.0304. The van der Waals surface area contributed by atoms with Crippen LogP contribution in [0.1, 0.15) is 75.2 Å². The minimum atomic E-state index is 0.0695. The molecular weight excluding hydrogens is 258 g/mol. The first kappa shape index (κ1) is 17.3. The Morgan fingerprint density at radius 3 is 1.86 bits per heavy atom. The average molecular weight is 296 g/mol. The van der Waals surface area contributed by atoms with Gasteiger partial charge in [0, 0.05) is 18.1 Å². The van der Waals surface area contributed by atoms with Gasteiger partial charge in [-0.3, -0.25) is 4.90 Å². The van der Waals surface area contributed by atoms with Crippen molar-refractivity contribution in [3.8, 4) is 0 Å². The Morgan fingerprint density at radius 1 is 0.952 bits per heavy atom. The fourth-order valence-corrected chi connectivity index (χ4v) is 4.37. The number of ether oxygens (including phenoxy) is 1. The van der Waals surface area contributed by atoms with Crippen LogP contribution in [0, 0.1) is 16.7 Å². The molecule has 0 aliphatic carbocycles. The highest BCUT2D eigenvalue weighted by Crippen LogP contribution is 2.52. The highest BCUT2D eigenvalue weighted by Gasteiger charge is 2.53. The Balaban J connectivity index is 2.24. The Labute approximate surface area is 132 Å². The first-order valence-electron chi connectivity index (χ1n) is 8.65. The molecule has 21 heavy (non-hydrogen) atoms. The van der Waals surface area contributed by atoms with Crippen LogP contribution >= 0.6 is 0 Å². The predicted molar refractivity (Wildman–Crippen MR) is 90.6 cm³/mol. The number of hydrogen-bond donors (Lipinski definition) is 0. The first-order chi connectivity index (χ1) is 9.25. The third kappa shape index (κ3) is 3.47. The van der Waals surface area contributed by atoms with Crippen molar-refractivity contribution in [2.75, 3.05) is 13.2 Å². The van der Waals surface area contributed by atoms with E-state index in [2.05, 4.69) is 67.2 Å². The topological polar surface area (TPSA) is 12.5 Å². The van der Waals surface area contributed by atoms with Crippen LogP contribution in [0.5, 0.6) is 0 Å². The van der Waals surface area contributed by atoms with Crippen molar-refractivity contribution in [3.63, 3.8) is 0 Å². The number of hydrogen-bond acceptors (Lipinski definition) is 2. The van der Waals surface area contributed by atoms with Crippen LogP contribution in [-0.4, -0.2) is 35.2 Å². The van der Waals surface area contributed by atoms with Crippen molar-refractivity contribution >= 4 is 0 Å². The van der Waals surface area contributed by atoms with Gasteiger partial charge in [-0.25, -0.2) is 0 Å². The maximum atomic E-state index is 6.05. The fraction of sp³-hybridized carbons (Fsp3) is 1.00. The van der Waals surface area contributed by atoms with Gasteiger partial charge in [-0.05, 0) is 64.2 Å². The zero-order chi connectivity index (χ0) is 16.3. The summed E-state index contributed by atoms with van der Waals surface area (Å²) in [6.45, 7) is 23.5. The molecule has 0 N–H and O–H groups in total. The van der Waals surface area contributed by atoms with Gasteiger partial charge in [0.15, 0.2) is 0 Å². The summed E-state index contributed by atoms with van der Waals surface area (Å²) < 4.78 is 6.05. The molecule has 0 saturated carbocycles. The minimum Gasteiger partial charge on any atom is -0.375 e. The third-order valence-corrected chi connectivity index (χ3v) is 5.83. The molecule has 2 heteroatoms.